The molecule has 1 aliphatic rings. The Morgan fingerprint density at radius 1 is 1.21 bits per heavy atom. The van der Waals surface area contributed by atoms with Crippen LogP contribution in [0.5, 0.6) is 0 Å². The maximum atomic E-state index is 12.4. The van der Waals surface area contributed by atoms with Gasteiger partial charge in [0.15, 0.2) is 0 Å². The Kier molecular flexibility index (Phi) is 6.53. The monoisotopic (exact) mass is 389 g/mol. The van der Waals surface area contributed by atoms with E-state index in [0.717, 1.165) is 5.56 Å². The number of nitrogens with zero attached hydrogens (tertiary/aromatic N) is 5. The fourth-order valence-corrected chi connectivity index (χ4v) is 3.01. The first-order valence-corrected chi connectivity index (χ1v) is 9.26. The van der Waals surface area contributed by atoms with Crippen molar-refractivity contribution in [1.82, 2.24) is 19.6 Å². The molecule has 0 spiro atoms. The lowest BCUT2D eigenvalue weighted by atomic mass is 10.1. The molecule has 0 bridgehead atoms. The van der Waals surface area contributed by atoms with Gasteiger partial charge in [0.2, 0.25) is 5.96 Å². The van der Waals surface area contributed by atoms with Crippen molar-refractivity contribution >= 4 is 18.1 Å². The van der Waals surface area contributed by atoms with Crippen LogP contribution in [-0.4, -0.2) is 77.8 Å². The molecule has 1 fully saturated rings. The fourth-order valence-electron chi connectivity index (χ4n) is 3.01. The second-order valence-corrected chi connectivity index (χ2v) is 8.24. The van der Waals surface area contributed by atoms with Crippen LogP contribution < -0.4 is 0 Å². The molecule has 1 saturated heterocycles. The molecule has 1 aliphatic heterocycles. The highest BCUT2D eigenvalue weighted by Crippen LogP contribution is 2.14. The minimum atomic E-state index is -0.652. The Morgan fingerprint density at radius 2 is 1.82 bits per heavy atom. The summed E-state index contributed by atoms with van der Waals surface area (Å²) in [7, 11) is 5.31. The van der Waals surface area contributed by atoms with E-state index in [-0.39, 0.29) is 6.03 Å². The summed E-state index contributed by atoms with van der Waals surface area (Å²) in [6.07, 6.45) is -0.652. The Bertz CT molecular complexity index is 742. The van der Waals surface area contributed by atoms with Gasteiger partial charge in [-0.1, -0.05) is 29.8 Å². The number of rotatable bonds is 2. The first kappa shape index (κ1) is 21.5. The number of benzene rings is 1. The second kappa shape index (κ2) is 8.50. The average Bonchev–Trinajstić information content (AvgIpc) is 2.55. The van der Waals surface area contributed by atoms with E-state index in [4.69, 9.17) is 4.74 Å². The van der Waals surface area contributed by atoms with Gasteiger partial charge in [0, 0.05) is 27.7 Å². The van der Waals surface area contributed by atoms with E-state index >= 15 is 0 Å². The molecular formula is C20H31N5O3. The fraction of sp³-hybridized carbons (Fsp3) is 0.550. The molecule has 0 radical (unpaired) electrons. The second-order valence-electron chi connectivity index (χ2n) is 8.24. The molecular weight excluding hydrogens is 358 g/mol. The van der Waals surface area contributed by atoms with E-state index in [1.54, 1.807) is 44.7 Å². The number of aryl methyl sites for hydroxylation is 1. The molecule has 28 heavy (non-hydrogen) atoms. The smallest absolute Gasteiger partial charge is 0.437 e. The Hall–Kier alpha value is -2.77. The van der Waals surface area contributed by atoms with Crippen molar-refractivity contribution < 1.29 is 14.3 Å². The highest BCUT2D eigenvalue weighted by Gasteiger charge is 2.30. The quantitative estimate of drug-likeness (QED) is 0.575. The lowest BCUT2D eigenvalue weighted by Gasteiger charge is -2.42. The number of amides is 3. The van der Waals surface area contributed by atoms with Gasteiger partial charge in [0.25, 0.3) is 0 Å². The van der Waals surface area contributed by atoms with Gasteiger partial charge in [0.1, 0.15) is 5.60 Å². The van der Waals surface area contributed by atoms with Gasteiger partial charge in [-0.05, 0) is 33.3 Å². The molecule has 3 amide bonds. The average molecular weight is 390 g/mol. The first-order chi connectivity index (χ1) is 13.0. The van der Waals surface area contributed by atoms with Gasteiger partial charge in [-0.25, -0.2) is 9.59 Å². The van der Waals surface area contributed by atoms with E-state index in [0.29, 0.717) is 25.8 Å². The van der Waals surface area contributed by atoms with Crippen molar-refractivity contribution in [2.45, 2.75) is 39.8 Å². The molecule has 0 aliphatic carbocycles. The predicted molar refractivity (Wildman–Crippen MR) is 109 cm³/mol. The highest BCUT2D eigenvalue weighted by atomic mass is 16.6. The van der Waals surface area contributed by atoms with E-state index in [1.807, 2.05) is 42.0 Å². The molecule has 0 aromatic heterocycles. The van der Waals surface area contributed by atoms with E-state index in [2.05, 4.69) is 11.1 Å². The molecule has 154 valence electrons. The number of carbonyl (C=O) groups excluding carboxylic acids is 2. The number of hydrogen-bond donors (Lipinski definition) is 0. The molecule has 1 heterocycles. The van der Waals surface area contributed by atoms with Gasteiger partial charge in [-0.2, -0.15) is 0 Å². The lowest BCUT2D eigenvalue weighted by molar-refractivity contribution is 0.0587. The van der Waals surface area contributed by atoms with Crippen molar-refractivity contribution in [3.8, 4) is 0 Å². The third kappa shape index (κ3) is 5.87. The van der Waals surface area contributed by atoms with Crippen LogP contribution in [0.2, 0.25) is 0 Å². The number of hydrogen-bond acceptors (Lipinski definition) is 3. The van der Waals surface area contributed by atoms with Crippen LogP contribution in [0.4, 0.5) is 9.59 Å². The molecule has 1 aromatic rings. The molecule has 0 saturated carbocycles. The van der Waals surface area contributed by atoms with Crippen LogP contribution in [0.15, 0.2) is 29.3 Å². The zero-order valence-electron chi connectivity index (χ0n) is 17.9. The summed E-state index contributed by atoms with van der Waals surface area (Å²) in [6, 6.07) is 8.10. The summed E-state index contributed by atoms with van der Waals surface area (Å²) in [5.41, 5.74) is 1.64. The van der Waals surface area contributed by atoms with Crippen LogP contribution in [0.1, 0.15) is 31.9 Å². The number of ether oxygens (including phenoxy) is 1. The molecule has 0 N–H and O–H groups in total. The molecule has 8 nitrogen and oxygen atoms in total. The third-order valence-corrected chi connectivity index (χ3v) is 4.13. The van der Waals surface area contributed by atoms with Crippen molar-refractivity contribution in [3.63, 3.8) is 0 Å². The predicted octanol–water partition coefficient (Wildman–Crippen LogP) is 2.93. The van der Waals surface area contributed by atoms with Gasteiger partial charge >= 0.3 is 12.1 Å². The number of urea groups is 1. The molecule has 1 aromatic carbocycles. The number of guanidine groups is 1. The van der Waals surface area contributed by atoms with E-state index in [1.165, 1.54) is 5.56 Å². The zero-order valence-corrected chi connectivity index (χ0v) is 17.9. The van der Waals surface area contributed by atoms with Crippen molar-refractivity contribution in [2.24, 2.45) is 4.99 Å². The van der Waals surface area contributed by atoms with E-state index < -0.39 is 11.7 Å². The summed E-state index contributed by atoms with van der Waals surface area (Å²) in [6.45, 7) is 8.69. The summed E-state index contributed by atoms with van der Waals surface area (Å²) < 4.78 is 5.38. The maximum absolute atomic E-state index is 12.4. The van der Waals surface area contributed by atoms with Crippen LogP contribution in [-0.2, 0) is 11.3 Å². The standard InChI is InChI=1S/C20H31N5O3/c1-15-9-8-10-16(11-15)12-22(5)17(21-18(26)28-20(2,3)4)25-13-23(6)19(27)24(7)14-25/h8-11H,12-14H2,1-7H3. The minimum absolute atomic E-state index is 0.0748. The summed E-state index contributed by atoms with van der Waals surface area (Å²) >= 11 is 0. The molecule has 0 unspecified atom stereocenters. The zero-order chi connectivity index (χ0) is 21.1. The molecule has 8 heteroatoms. The van der Waals surface area contributed by atoms with Gasteiger partial charge in [0.05, 0.1) is 13.3 Å². The van der Waals surface area contributed by atoms with Crippen LogP contribution in [0.25, 0.3) is 0 Å². The van der Waals surface area contributed by atoms with Gasteiger partial charge in [-0.15, -0.1) is 4.99 Å². The minimum Gasteiger partial charge on any atom is -0.442 e. The first-order valence-electron chi connectivity index (χ1n) is 9.26. The normalized spacial score (nSPS) is 15.8. The SMILES string of the molecule is Cc1cccc(CN(C)C(=NC(=O)OC(C)(C)C)N2CN(C)C(=O)N(C)C2)c1. The van der Waals surface area contributed by atoms with Crippen LogP contribution >= 0.6 is 0 Å². The van der Waals surface area contributed by atoms with Crippen molar-refractivity contribution in [1.29, 1.82) is 0 Å². The van der Waals surface area contributed by atoms with Gasteiger partial charge < -0.3 is 24.3 Å². The summed E-state index contributed by atoms with van der Waals surface area (Å²) in [4.78, 5) is 35.6. The summed E-state index contributed by atoms with van der Waals surface area (Å²) in [5.74, 6) is 0.460. The Balaban J connectivity index is 2.29. The van der Waals surface area contributed by atoms with Crippen molar-refractivity contribution in [3.05, 3.63) is 35.4 Å². The Morgan fingerprint density at radius 3 is 2.36 bits per heavy atom. The topological polar surface area (TPSA) is 68.7 Å². The highest BCUT2D eigenvalue weighted by molar-refractivity contribution is 5.91. The molecule has 2 rings (SSSR count). The summed E-state index contributed by atoms with van der Waals surface area (Å²) in [5, 5.41) is 0. The number of carbonyl (C=O) groups is 2. The van der Waals surface area contributed by atoms with Crippen LogP contribution in [0.3, 0.4) is 0 Å². The largest absolute Gasteiger partial charge is 0.442 e. The van der Waals surface area contributed by atoms with Gasteiger partial charge in [-0.3, -0.25) is 0 Å². The molecule has 0 atom stereocenters. The Labute approximate surface area is 167 Å². The van der Waals surface area contributed by atoms with Crippen molar-refractivity contribution in [2.75, 3.05) is 34.5 Å². The lowest BCUT2D eigenvalue weighted by Crippen LogP contribution is -2.59. The van der Waals surface area contributed by atoms with Crippen LogP contribution in [0, 0.1) is 6.92 Å². The number of aliphatic imine (C=N–C) groups is 1. The third-order valence-electron chi connectivity index (χ3n) is 4.13. The van der Waals surface area contributed by atoms with E-state index in [9.17, 15) is 9.59 Å². The maximum Gasteiger partial charge on any atom is 0.437 e.